The Morgan fingerprint density at radius 3 is 2.64 bits per heavy atom. The van der Waals surface area contributed by atoms with Crippen molar-refractivity contribution in [3.63, 3.8) is 0 Å². The summed E-state index contributed by atoms with van der Waals surface area (Å²) in [5.74, 6) is -1.89. The Labute approximate surface area is 128 Å². The fourth-order valence-electron chi connectivity index (χ4n) is 1.29. The zero-order valence-electron chi connectivity index (χ0n) is 11.3. The van der Waals surface area contributed by atoms with Crippen molar-refractivity contribution in [1.29, 1.82) is 0 Å². The van der Waals surface area contributed by atoms with Crippen LogP contribution in [0.4, 0.5) is 19.3 Å². The zero-order chi connectivity index (χ0) is 16.9. The van der Waals surface area contributed by atoms with E-state index in [1.54, 1.807) is 0 Å². The number of aliphatic carboxylic acids is 1. The standard InChI is InChI=1S/C12H13ClF2N2O5/c1-12(21,9(18)19)5-16-11(20)17-7-3-2-6(13)4-8(7)22-10(14)15/h2-4,10,21H,5H2,1H3,(H,18,19)(H2,16,17,20). The molecule has 1 atom stereocenters. The molecule has 0 spiro atoms. The van der Waals surface area contributed by atoms with Crippen molar-refractivity contribution < 1.29 is 33.3 Å². The van der Waals surface area contributed by atoms with Gasteiger partial charge in [-0.25, -0.2) is 9.59 Å². The first-order chi connectivity index (χ1) is 10.1. The second-order valence-electron chi connectivity index (χ2n) is 4.41. The summed E-state index contributed by atoms with van der Waals surface area (Å²) < 4.78 is 28.7. The summed E-state index contributed by atoms with van der Waals surface area (Å²) in [7, 11) is 0. The summed E-state index contributed by atoms with van der Waals surface area (Å²) >= 11 is 5.64. The minimum Gasteiger partial charge on any atom is -0.479 e. The number of halogens is 3. The van der Waals surface area contributed by atoms with Crippen molar-refractivity contribution in [2.45, 2.75) is 19.1 Å². The normalized spacial score (nSPS) is 13.4. The summed E-state index contributed by atoms with van der Waals surface area (Å²) in [5, 5.41) is 22.5. The van der Waals surface area contributed by atoms with Crippen LogP contribution in [-0.4, -0.2) is 41.0 Å². The molecule has 4 N–H and O–H groups in total. The highest BCUT2D eigenvalue weighted by molar-refractivity contribution is 6.30. The van der Waals surface area contributed by atoms with Crippen LogP contribution in [0.2, 0.25) is 5.02 Å². The van der Waals surface area contributed by atoms with Gasteiger partial charge in [-0.05, 0) is 19.1 Å². The molecule has 1 aromatic carbocycles. The molecule has 0 saturated carbocycles. The number of anilines is 1. The number of nitrogens with one attached hydrogen (secondary N) is 2. The first-order valence-electron chi connectivity index (χ1n) is 5.87. The lowest BCUT2D eigenvalue weighted by Gasteiger charge is -2.19. The molecule has 2 amide bonds. The first kappa shape index (κ1) is 17.9. The molecule has 1 rings (SSSR count). The van der Waals surface area contributed by atoms with Crippen LogP contribution in [0.5, 0.6) is 5.75 Å². The summed E-state index contributed by atoms with van der Waals surface area (Å²) in [6, 6.07) is 2.73. The van der Waals surface area contributed by atoms with E-state index in [-0.39, 0.29) is 16.5 Å². The maximum Gasteiger partial charge on any atom is 0.387 e. The molecule has 0 aliphatic rings. The predicted octanol–water partition coefficient (Wildman–Crippen LogP) is 1.90. The monoisotopic (exact) mass is 338 g/mol. The van der Waals surface area contributed by atoms with Gasteiger partial charge in [0.05, 0.1) is 12.2 Å². The van der Waals surface area contributed by atoms with Gasteiger partial charge in [0.25, 0.3) is 0 Å². The fourth-order valence-corrected chi connectivity index (χ4v) is 1.45. The Bertz CT molecular complexity index is 568. The largest absolute Gasteiger partial charge is 0.479 e. The number of urea groups is 1. The fraction of sp³-hybridized carbons (Fsp3) is 0.333. The Kier molecular flexibility index (Phi) is 5.89. The van der Waals surface area contributed by atoms with Crippen LogP contribution >= 0.6 is 11.6 Å². The highest BCUT2D eigenvalue weighted by Gasteiger charge is 2.30. The highest BCUT2D eigenvalue weighted by Crippen LogP contribution is 2.29. The summed E-state index contributed by atoms with van der Waals surface area (Å²) in [5.41, 5.74) is -2.27. The Balaban J connectivity index is 2.74. The van der Waals surface area contributed by atoms with E-state index >= 15 is 0 Å². The number of carbonyl (C=O) groups excluding carboxylic acids is 1. The Morgan fingerprint density at radius 1 is 1.45 bits per heavy atom. The van der Waals surface area contributed by atoms with Crippen molar-refractivity contribution in [1.82, 2.24) is 5.32 Å². The second kappa shape index (κ2) is 7.23. The van der Waals surface area contributed by atoms with E-state index < -0.39 is 30.8 Å². The Hall–Kier alpha value is -2.13. The molecular formula is C12H13ClF2N2O5. The lowest BCUT2D eigenvalue weighted by atomic mass is 10.1. The minimum absolute atomic E-state index is 0.0998. The van der Waals surface area contributed by atoms with Gasteiger partial charge in [0.2, 0.25) is 0 Å². The average Bonchev–Trinajstić information content (AvgIpc) is 2.39. The molecule has 0 fully saturated rings. The van der Waals surface area contributed by atoms with Gasteiger partial charge < -0.3 is 25.6 Å². The molecule has 122 valence electrons. The Morgan fingerprint density at radius 2 is 2.09 bits per heavy atom. The van der Waals surface area contributed by atoms with Crippen molar-refractivity contribution in [3.05, 3.63) is 23.2 Å². The van der Waals surface area contributed by atoms with Crippen molar-refractivity contribution in [2.75, 3.05) is 11.9 Å². The van der Waals surface area contributed by atoms with Crippen molar-refractivity contribution >= 4 is 29.3 Å². The SMILES string of the molecule is CC(O)(CNC(=O)Nc1ccc(Cl)cc1OC(F)F)C(=O)O. The van der Waals surface area contributed by atoms with Crippen LogP contribution in [0.3, 0.4) is 0 Å². The summed E-state index contributed by atoms with van der Waals surface area (Å²) in [4.78, 5) is 22.3. The molecule has 0 heterocycles. The number of hydrogen-bond donors (Lipinski definition) is 4. The molecular weight excluding hydrogens is 326 g/mol. The smallest absolute Gasteiger partial charge is 0.387 e. The lowest BCUT2D eigenvalue weighted by Crippen LogP contribution is -2.47. The zero-order valence-corrected chi connectivity index (χ0v) is 12.0. The van der Waals surface area contributed by atoms with Crippen LogP contribution in [-0.2, 0) is 4.79 Å². The molecule has 0 aromatic heterocycles. The maximum absolute atomic E-state index is 12.3. The molecule has 0 bridgehead atoms. The topological polar surface area (TPSA) is 108 Å². The number of carbonyl (C=O) groups is 2. The van der Waals surface area contributed by atoms with Gasteiger partial charge in [0.15, 0.2) is 11.4 Å². The lowest BCUT2D eigenvalue weighted by molar-refractivity contribution is -0.155. The second-order valence-corrected chi connectivity index (χ2v) is 4.84. The van der Waals surface area contributed by atoms with Gasteiger partial charge in [-0.1, -0.05) is 11.6 Å². The molecule has 0 radical (unpaired) electrons. The molecule has 22 heavy (non-hydrogen) atoms. The van der Waals surface area contributed by atoms with E-state index in [4.69, 9.17) is 16.7 Å². The quantitative estimate of drug-likeness (QED) is 0.633. The van der Waals surface area contributed by atoms with Gasteiger partial charge in [-0.2, -0.15) is 8.78 Å². The molecule has 1 aromatic rings. The van der Waals surface area contributed by atoms with Crippen LogP contribution in [0.1, 0.15) is 6.92 Å². The molecule has 0 saturated heterocycles. The number of hydrogen-bond acceptors (Lipinski definition) is 4. The van der Waals surface area contributed by atoms with Gasteiger partial charge >= 0.3 is 18.6 Å². The molecule has 0 aliphatic carbocycles. The number of aliphatic hydroxyl groups is 1. The maximum atomic E-state index is 12.3. The van der Waals surface area contributed by atoms with Crippen molar-refractivity contribution in [3.8, 4) is 5.75 Å². The molecule has 10 heteroatoms. The summed E-state index contributed by atoms with van der Waals surface area (Å²) in [6.07, 6.45) is 0. The van der Waals surface area contributed by atoms with Crippen molar-refractivity contribution in [2.24, 2.45) is 0 Å². The van der Waals surface area contributed by atoms with Crippen LogP contribution in [0.15, 0.2) is 18.2 Å². The van der Waals surface area contributed by atoms with Crippen LogP contribution in [0, 0.1) is 0 Å². The molecule has 0 aliphatic heterocycles. The van der Waals surface area contributed by atoms with Crippen LogP contribution in [0.25, 0.3) is 0 Å². The number of ether oxygens (including phenoxy) is 1. The number of benzene rings is 1. The third kappa shape index (κ3) is 5.34. The predicted molar refractivity (Wildman–Crippen MR) is 73.4 cm³/mol. The van der Waals surface area contributed by atoms with E-state index in [1.165, 1.54) is 12.1 Å². The third-order valence-corrected chi connectivity index (χ3v) is 2.70. The summed E-state index contributed by atoms with van der Waals surface area (Å²) in [6.45, 7) is -2.72. The van der Waals surface area contributed by atoms with Gasteiger partial charge in [0.1, 0.15) is 0 Å². The average molecular weight is 339 g/mol. The number of carboxylic acid groups (broad SMARTS) is 1. The number of carboxylic acids is 1. The number of alkyl halides is 2. The first-order valence-corrected chi connectivity index (χ1v) is 6.24. The molecule has 7 nitrogen and oxygen atoms in total. The van der Waals surface area contributed by atoms with Gasteiger partial charge in [-0.15, -0.1) is 0 Å². The third-order valence-electron chi connectivity index (χ3n) is 2.46. The number of amides is 2. The highest BCUT2D eigenvalue weighted by atomic mass is 35.5. The van der Waals surface area contributed by atoms with E-state index in [2.05, 4.69) is 15.4 Å². The molecule has 1 unspecified atom stereocenters. The van der Waals surface area contributed by atoms with E-state index in [1.807, 2.05) is 0 Å². The van der Waals surface area contributed by atoms with Crippen LogP contribution < -0.4 is 15.4 Å². The minimum atomic E-state index is -3.12. The van der Waals surface area contributed by atoms with E-state index in [0.717, 1.165) is 13.0 Å². The van der Waals surface area contributed by atoms with Gasteiger partial charge in [-0.3, -0.25) is 0 Å². The number of rotatable bonds is 6. The van der Waals surface area contributed by atoms with E-state index in [0.29, 0.717) is 0 Å². The van der Waals surface area contributed by atoms with E-state index in [9.17, 15) is 23.5 Å². The van der Waals surface area contributed by atoms with Gasteiger partial charge in [0, 0.05) is 11.1 Å².